The van der Waals surface area contributed by atoms with Crippen molar-refractivity contribution >= 4 is 27.9 Å². The molecule has 31 heavy (non-hydrogen) atoms. The Bertz CT molecular complexity index is 1000. The van der Waals surface area contributed by atoms with Crippen LogP contribution in [0.1, 0.15) is 9.67 Å². The summed E-state index contributed by atoms with van der Waals surface area (Å²) in [5, 5.41) is 4.11. The van der Waals surface area contributed by atoms with Crippen molar-refractivity contribution in [1.29, 1.82) is 0 Å². The van der Waals surface area contributed by atoms with Crippen molar-refractivity contribution in [2.24, 2.45) is 0 Å². The summed E-state index contributed by atoms with van der Waals surface area (Å²) in [4.78, 5) is 16.0. The molecule has 0 saturated carbocycles. The van der Waals surface area contributed by atoms with Crippen LogP contribution in [0.25, 0.3) is 11.1 Å². The first-order valence-corrected chi connectivity index (χ1v) is 11.1. The highest BCUT2D eigenvalue weighted by atomic mass is 32.1. The van der Waals surface area contributed by atoms with Gasteiger partial charge in [0.05, 0.1) is 29.7 Å². The third kappa shape index (κ3) is 5.44. The molecule has 0 bridgehead atoms. The molecule has 1 saturated heterocycles. The number of carbonyl (C=O) groups is 1. The van der Waals surface area contributed by atoms with Gasteiger partial charge < -0.3 is 24.4 Å². The van der Waals surface area contributed by atoms with E-state index in [9.17, 15) is 4.79 Å². The Morgan fingerprint density at radius 3 is 2.65 bits per heavy atom. The molecule has 6 nitrogen and oxygen atoms in total. The number of thiophene rings is 1. The normalized spacial score (nSPS) is 13.8. The minimum Gasteiger partial charge on any atom is -0.491 e. The third-order valence-electron chi connectivity index (χ3n) is 4.97. The molecule has 0 unspecified atom stereocenters. The van der Waals surface area contributed by atoms with Gasteiger partial charge in [-0.25, -0.2) is 0 Å². The number of nitrogens with one attached hydrogen (secondary N) is 1. The van der Waals surface area contributed by atoms with E-state index < -0.39 is 0 Å². The molecule has 0 radical (unpaired) electrons. The molecular formula is C24H26N2O4S. The summed E-state index contributed by atoms with van der Waals surface area (Å²) in [7, 11) is 1.63. The van der Waals surface area contributed by atoms with Crippen LogP contribution in [0.3, 0.4) is 0 Å². The van der Waals surface area contributed by atoms with Crippen LogP contribution in [0.5, 0.6) is 5.75 Å². The number of anilines is 2. The van der Waals surface area contributed by atoms with Crippen LogP contribution >= 0.6 is 11.3 Å². The van der Waals surface area contributed by atoms with Crippen LogP contribution in [-0.4, -0.2) is 52.5 Å². The molecule has 4 rings (SSSR count). The molecule has 1 N–H and O–H groups in total. The Morgan fingerprint density at radius 2 is 1.87 bits per heavy atom. The lowest BCUT2D eigenvalue weighted by molar-refractivity contribution is 0.103. The van der Waals surface area contributed by atoms with E-state index in [2.05, 4.69) is 22.3 Å². The van der Waals surface area contributed by atoms with Crippen LogP contribution in [0.4, 0.5) is 10.7 Å². The summed E-state index contributed by atoms with van der Waals surface area (Å²) < 4.78 is 16.2. The highest BCUT2D eigenvalue weighted by Gasteiger charge is 2.22. The number of rotatable bonds is 8. The van der Waals surface area contributed by atoms with Crippen LogP contribution in [0.15, 0.2) is 60.7 Å². The highest BCUT2D eigenvalue weighted by molar-refractivity contribution is 7.18. The topological polar surface area (TPSA) is 60.0 Å². The van der Waals surface area contributed by atoms with Crippen molar-refractivity contribution in [3.8, 4) is 16.9 Å². The summed E-state index contributed by atoms with van der Waals surface area (Å²) in [5.41, 5.74) is 2.88. The predicted molar refractivity (Wildman–Crippen MR) is 125 cm³/mol. The fourth-order valence-corrected chi connectivity index (χ4v) is 4.55. The van der Waals surface area contributed by atoms with Crippen LogP contribution < -0.4 is 15.0 Å². The lowest BCUT2D eigenvalue weighted by atomic mass is 10.1. The number of ether oxygens (including phenoxy) is 3. The van der Waals surface area contributed by atoms with Gasteiger partial charge in [0.2, 0.25) is 0 Å². The average Bonchev–Trinajstić information content (AvgIpc) is 3.27. The molecule has 7 heteroatoms. The molecule has 1 amide bonds. The Kier molecular flexibility index (Phi) is 7.19. The van der Waals surface area contributed by atoms with Crippen molar-refractivity contribution in [3.05, 3.63) is 65.5 Å². The molecule has 1 aliphatic heterocycles. The Morgan fingerprint density at radius 1 is 1.06 bits per heavy atom. The van der Waals surface area contributed by atoms with Crippen LogP contribution in [0, 0.1) is 0 Å². The summed E-state index contributed by atoms with van der Waals surface area (Å²) in [6.45, 7) is 4.01. The standard InChI is InChI=1S/C24H26N2O4S/c1-28-14-15-30-20-9-5-8-19(16-20)25-23(27)22-17-21(18-6-3-2-4-7-18)24(31-22)26-10-12-29-13-11-26/h2-9,16-17H,10-15H2,1H3,(H,25,27). The number of hydrogen-bond donors (Lipinski definition) is 1. The minimum absolute atomic E-state index is 0.129. The van der Waals surface area contributed by atoms with E-state index in [1.807, 2.05) is 48.5 Å². The number of nitrogens with zero attached hydrogens (tertiary/aromatic N) is 1. The second-order valence-electron chi connectivity index (χ2n) is 7.12. The number of carbonyl (C=O) groups excluding carboxylic acids is 1. The molecule has 2 heterocycles. The summed E-state index contributed by atoms with van der Waals surface area (Å²) in [6, 6.07) is 19.6. The van der Waals surface area contributed by atoms with Crippen molar-refractivity contribution in [3.63, 3.8) is 0 Å². The zero-order valence-electron chi connectivity index (χ0n) is 17.5. The monoisotopic (exact) mass is 438 g/mol. The molecule has 162 valence electrons. The zero-order chi connectivity index (χ0) is 21.5. The van der Waals surface area contributed by atoms with Crippen molar-refractivity contribution < 1.29 is 19.0 Å². The van der Waals surface area contributed by atoms with Gasteiger partial charge in [-0.2, -0.15) is 0 Å². The average molecular weight is 439 g/mol. The quantitative estimate of drug-likeness (QED) is 0.524. The van der Waals surface area contributed by atoms with E-state index in [0.29, 0.717) is 42.7 Å². The molecule has 3 aromatic rings. The van der Waals surface area contributed by atoms with Crippen LogP contribution in [0.2, 0.25) is 0 Å². The fourth-order valence-electron chi connectivity index (χ4n) is 3.42. The molecule has 1 aromatic heterocycles. The largest absolute Gasteiger partial charge is 0.491 e. The van der Waals surface area contributed by atoms with Gasteiger partial charge in [-0.3, -0.25) is 4.79 Å². The first-order valence-electron chi connectivity index (χ1n) is 10.3. The maximum Gasteiger partial charge on any atom is 0.265 e. The summed E-state index contributed by atoms with van der Waals surface area (Å²) in [5.74, 6) is 0.566. The third-order valence-corrected chi connectivity index (χ3v) is 6.16. The molecule has 1 fully saturated rings. The first kappa shape index (κ1) is 21.4. The van der Waals surface area contributed by atoms with Gasteiger partial charge in [-0.15, -0.1) is 11.3 Å². The van der Waals surface area contributed by atoms with E-state index in [1.54, 1.807) is 7.11 Å². The van der Waals surface area contributed by atoms with E-state index in [4.69, 9.17) is 14.2 Å². The van der Waals surface area contributed by atoms with E-state index in [-0.39, 0.29) is 5.91 Å². The highest BCUT2D eigenvalue weighted by Crippen LogP contribution is 2.39. The number of benzene rings is 2. The van der Waals surface area contributed by atoms with Gasteiger partial charge in [0, 0.05) is 37.5 Å². The lowest BCUT2D eigenvalue weighted by Crippen LogP contribution is -2.35. The van der Waals surface area contributed by atoms with Gasteiger partial charge in [0.25, 0.3) is 5.91 Å². The van der Waals surface area contributed by atoms with Crippen molar-refractivity contribution in [1.82, 2.24) is 0 Å². The number of morpholine rings is 1. The molecule has 0 aliphatic carbocycles. The second-order valence-corrected chi connectivity index (χ2v) is 8.15. The van der Waals surface area contributed by atoms with E-state index in [0.717, 1.165) is 29.2 Å². The van der Waals surface area contributed by atoms with E-state index >= 15 is 0 Å². The Balaban J connectivity index is 1.55. The first-order chi connectivity index (χ1) is 15.2. The fraction of sp³-hybridized carbons (Fsp3) is 0.292. The van der Waals surface area contributed by atoms with Crippen molar-refractivity contribution in [2.45, 2.75) is 0 Å². The second kappa shape index (κ2) is 10.4. The SMILES string of the molecule is COCCOc1cccc(NC(=O)c2cc(-c3ccccc3)c(N3CCOCC3)s2)c1. The van der Waals surface area contributed by atoms with Gasteiger partial charge in [0.1, 0.15) is 12.4 Å². The summed E-state index contributed by atoms with van der Waals surface area (Å²) in [6.07, 6.45) is 0. The minimum atomic E-state index is -0.129. The zero-order valence-corrected chi connectivity index (χ0v) is 18.3. The molecule has 0 spiro atoms. The van der Waals surface area contributed by atoms with Gasteiger partial charge in [-0.1, -0.05) is 36.4 Å². The summed E-state index contributed by atoms with van der Waals surface area (Å²) >= 11 is 1.52. The predicted octanol–water partition coefficient (Wildman–Crippen LogP) is 4.53. The Labute approximate surface area is 186 Å². The van der Waals surface area contributed by atoms with Gasteiger partial charge >= 0.3 is 0 Å². The molecular weight excluding hydrogens is 412 g/mol. The lowest BCUT2D eigenvalue weighted by Gasteiger charge is -2.28. The molecule has 1 aliphatic rings. The van der Waals surface area contributed by atoms with Crippen molar-refractivity contribution in [2.75, 3.05) is 56.8 Å². The van der Waals surface area contributed by atoms with Crippen LogP contribution in [-0.2, 0) is 9.47 Å². The van der Waals surface area contributed by atoms with E-state index in [1.165, 1.54) is 11.3 Å². The number of hydrogen-bond acceptors (Lipinski definition) is 6. The van der Waals surface area contributed by atoms with Gasteiger partial charge in [-0.05, 0) is 23.8 Å². The number of methoxy groups -OCH3 is 1. The maximum absolute atomic E-state index is 13.1. The number of amides is 1. The smallest absolute Gasteiger partial charge is 0.265 e. The van der Waals surface area contributed by atoms with Gasteiger partial charge in [0.15, 0.2) is 0 Å². The Hall–Kier alpha value is -2.87. The molecule has 0 atom stereocenters. The maximum atomic E-state index is 13.1. The molecule has 2 aromatic carbocycles.